The smallest absolute Gasteiger partial charge is 0.222 e. The predicted molar refractivity (Wildman–Crippen MR) is 111 cm³/mol. The molecule has 0 aliphatic heterocycles. The predicted octanol–water partition coefficient (Wildman–Crippen LogP) is 5.40. The van der Waals surface area contributed by atoms with Crippen molar-refractivity contribution < 1.29 is 9.59 Å². The van der Waals surface area contributed by atoms with E-state index in [9.17, 15) is 9.59 Å². The van der Waals surface area contributed by atoms with Crippen LogP contribution in [0.15, 0.2) is 0 Å². The number of unbranched alkanes of at least 4 members (excludes halogenated alkanes) is 8. The lowest BCUT2D eigenvalue weighted by atomic mass is 10.1. The highest BCUT2D eigenvalue weighted by Gasteiger charge is 2.15. The Kier molecular flexibility index (Phi) is 16.7. The first-order valence-corrected chi connectivity index (χ1v) is 11.2. The molecule has 0 N–H and O–H groups in total. The van der Waals surface area contributed by atoms with Crippen LogP contribution in [0.4, 0.5) is 0 Å². The lowest BCUT2D eigenvalue weighted by molar-refractivity contribution is -0.135. The average molecular weight is 369 g/mol. The highest BCUT2D eigenvalue weighted by molar-refractivity contribution is 5.77. The Morgan fingerprint density at radius 2 is 0.885 bits per heavy atom. The molecule has 154 valence electrons. The Hall–Kier alpha value is -1.06. The summed E-state index contributed by atoms with van der Waals surface area (Å²) in [5, 5.41) is 0. The topological polar surface area (TPSA) is 40.6 Å². The molecule has 0 saturated heterocycles. The van der Waals surface area contributed by atoms with Crippen molar-refractivity contribution in [2.24, 2.45) is 0 Å². The van der Waals surface area contributed by atoms with Gasteiger partial charge in [0.05, 0.1) is 0 Å². The molecule has 0 radical (unpaired) electrons. The van der Waals surface area contributed by atoms with Gasteiger partial charge < -0.3 is 9.80 Å². The van der Waals surface area contributed by atoms with Crippen LogP contribution in [-0.2, 0) is 9.59 Å². The third-order valence-electron chi connectivity index (χ3n) is 5.10. The summed E-state index contributed by atoms with van der Waals surface area (Å²) >= 11 is 0. The molecular formula is C22H44N2O2. The van der Waals surface area contributed by atoms with Crippen LogP contribution in [-0.4, -0.2) is 47.8 Å². The van der Waals surface area contributed by atoms with E-state index in [0.29, 0.717) is 25.9 Å². The SMILES string of the molecule is CCCCCCCC(=O)N(CC)CCN(CC)C(=O)CCCCCCC. The fraction of sp³-hybridized carbons (Fsp3) is 0.909. The maximum Gasteiger partial charge on any atom is 0.222 e. The molecule has 0 spiro atoms. The summed E-state index contributed by atoms with van der Waals surface area (Å²) in [4.78, 5) is 28.6. The lowest BCUT2D eigenvalue weighted by Crippen LogP contribution is -2.40. The molecule has 0 aromatic heterocycles. The molecule has 0 aliphatic rings. The summed E-state index contributed by atoms with van der Waals surface area (Å²) in [5.74, 6) is 0.485. The quantitative estimate of drug-likeness (QED) is 0.322. The molecule has 4 nitrogen and oxygen atoms in total. The van der Waals surface area contributed by atoms with Crippen LogP contribution >= 0.6 is 0 Å². The molecule has 4 heteroatoms. The molecule has 0 bridgehead atoms. The van der Waals surface area contributed by atoms with Crippen LogP contribution in [0.25, 0.3) is 0 Å². The number of rotatable bonds is 17. The van der Waals surface area contributed by atoms with Gasteiger partial charge in [-0.25, -0.2) is 0 Å². The maximum atomic E-state index is 12.4. The van der Waals surface area contributed by atoms with E-state index < -0.39 is 0 Å². The van der Waals surface area contributed by atoms with Gasteiger partial charge in [0.2, 0.25) is 11.8 Å². The van der Waals surface area contributed by atoms with Gasteiger partial charge in [-0.15, -0.1) is 0 Å². The van der Waals surface area contributed by atoms with Crippen molar-refractivity contribution in [1.82, 2.24) is 9.80 Å². The molecule has 26 heavy (non-hydrogen) atoms. The van der Waals surface area contributed by atoms with Gasteiger partial charge in [-0.2, -0.15) is 0 Å². The molecular weight excluding hydrogens is 324 g/mol. The van der Waals surface area contributed by atoms with Crippen LogP contribution in [0.1, 0.15) is 105 Å². The minimum absolute atomic E-state index is 0.243. The number of carbonyl (C=O) groups excluding carboxylic acids is 2. The zero-order valence-corrected chi connectivity index (χ0v) is 18.0. The van der Waals surface area contributed by atoms with Crippen LogP contribution in [0.2, 0.25) is 0 Å². The fourth-order valence-electron chi connectivity index (χ4n) is 3.24. The number of likely N-dealkylation sites (N-methyl/N-ethyl adjacent to an activating group) is 2. The van der Waals surface area contributed by atoms with Crippen molar-refractivity contribution in [2.45, 2.75) is 105 Å². The lowest BCUT2D eigenvalue weighted by Gasteiger charge is -2.26. The molecule has 0 atom stereocenters. The molecule has 0 aromatic carbocycles. The molecule has 0 aromatic rings. The first-order valence-electron chi connectivity index (χ1n) is 11.2. The van der Waals surface area contributed by atoms with E-state index in [0.717, 1.165) is 38.8 Å². The second kappa shape index (κ2) is 17.4. The number of amides is 2. The van der Waals surface area contributed by atoms with E-state index in [1.165, 1.54) is 38.5 Å². The Bertz CT molecular complexity index is 324. The molecule has 2 amide bonds. The van der Waals surface area contributed by atoms with Gasteiger partial charge in [-0.3, -0.25) is 9.59 Å². The van der Waals surface area contributed by atoms with Gasteiger partial charge in [-0.05, 0) is 26.7 Å². The fourth-order valence-corrected chi connectivity index (χ4v) is 3.24. The standard InChI is InChI=1S/C22H44N2O2/c1-5-9-11-13-15-17-21(25)23(7-3)19-20-24(8-4)22(26)18-16-14-12-10-6-2/h5-20H2,1-4H3. The molecule has 0 heterocycles. The van der Waals surface area contributed by atoms with Crippen molar-refractivity contribution >= 4 is 11.8 Å². The highest BCUT2D eigenvalue weighted by Crippen LogP contribution is 2.09. The van der Waals surface area contributed by atoms with Gasteiger partial charge in [0, 0.05) is 39.0 Å². The van der Waals surface area contributed by atoms with E-state index in [4.69, 9.17) is 0 Å². The molecule has 0 unspecified atom stereocenters. The first-order chi connectivity index (χ1) is 12.6. The van der Waals surface area contributed by atoms with Crippen molar-refractivity contribution in [3.8, 4) is 0 Å². The maximum absolute atomic E-state index is 12.4. The Morgan fingerprint density at radius 1 is 0.538 bits per heavy atom. The highest BCUT2D eigenvalue weighted by atomic mass is 16.2. The van der Waals surface area contributed by atoms with E-state index >= 15 is 0 Å². The summed E-state index contributed by atoms with van der Waals surface area (Å²) < 4.78 is 0. The van der Waals surface area contributed by atoms with Crippen molar-refractivity contribution in [2.75, 3.05) is 26.2 Å². The van der Waals surface area contributed by atoms with E-state index in [1.807, 2.05) is 23.6 Å². The van der Waals surface area contributed by atoms with Crippen LogP contribution in [0.5, 0.6) is 0 Å². The van der Waals surface area contributed by atoms with Crippen molar-refractivity contribution in [3.05, 3.63) is 0 Å². The molecule has 0 saturated carbocycles. The van der Waals surface area contributed by atoms with Crippen molar-refractivity contribution in [3.63, 3.8) is 0 Å². The van der Waals surface area contributed by atoms with Gasteiger partial charge in [0.1, 0.15) is 0 Å². The largest absolute Gasteiger partial charge is 0.341 e. The van der Waals surface area contributed by atoms with Crippen LogP contribution in [0, 0.1) is 0 Å². The second-order valence-corrected chi connectivity index (χ2v) is 7.28. The van der Waals surface area contributed by atoms with E-state index in [1.54, 1.807) is 0 Å². The summed E-state index contributed by atoms with van der Waals surface area (Å²) in [6.07, 6.45) is 13.0. The third-order valence-corrected chi connectivity index (χ3v) is 5.10. The molecule has 0 rings (SSSR count). The minimum Gasteiger partial charge on any atom is -0.341 e. The summed E-state index contributed by atoms with van der Waals surface area (Å²) in [7, 11) is 0. The van der Waals surface area contributed by atoms with Crippen molar-refractivity contribution in [1.29, 1.82) is 0 Å². The monoisotopic (exact) mass is 368 g/mol. The zero-order chi connectivity index (χ0) is 19.6. The second-order valence-electron chi connectivity index (χ2n) is 7.28. The normalized spacial score (nSPS) is 10.8. The van der Waals surface area contributed by atoms with Gasteiger partial charge in [0.15, 0.2) is 0 Å². The van der Waals surface area contributed by atoms with E-state index in [-0.39, 0.29) is 11.8 Å². The van der Waals surface area contributed by atoms with E-state index in [2.05, 4.69) is 13.8 Å². The Balaban J connectivity index is 4.11. The number of hydrogen-bond donors (Lipinski definition) is 0. The Labute approximate surface area is 162 Å². The van der Waals surface area contributed by atoms with Crippen LogP contribution in [0.3, 0.4) is 0 Å². The summed E-state index contributed by atoms with van der Waals surface area (Å²) in [6.45, 7) is 11.3. The Morgan fingerprint density at radius 3 is 1.19 bits per heavy atom. The minimum atomic E-state index is 0.243. The summed E-state index contributed by atoms with van der Waals surface area (Å²) in [6, 6.07) is 0. The van der Waals surface area contributed by atoms with Gasteiger partial charge in [-0.1, -0.05) is 65.2 Å². The average Bonchev–Trinajstić information content (AvgIpc) is 2.64. The number of carbonyl (C=O) groups is 2. The van der Waals surface area contributed by atoms with Gasteiger partial charge >= 0.3 is 0 Å². The summed E-state index contributed by atoms with van der Waals surface area (Å²) in [5.41, 5.74) is 0. The first kappa shape index (κ1) is 24.9. The number of hydrogen-bond acceptors (Lipinski definition) is 2. The third kappa shape index (κ3) is 12.3. The van der Waals surface area contributed by atoms with Crippen LogP contribution < -0.4 is 0 Å². The molecule has 0 fully saturated rings. The zero-order valence-electron chi connectivity index (χ0n) is 18.0. The van der Waals surface area contributed by atoms with Gasteiger partial charge in [0.25, 0.3) is 0 Å². The number of nitrogens with zero attached hydrogens (tertiary/aromatic N) is 2. The molecule has 0 aliphatic carbocycles.